The van der Waals surface area contributed by atoms with Crippen LogP contribution in [0.2, 0.25) is 0 Å². The molecule has 0 saturated heterocycles. The van der Waals surface area contributed by atoms with Gasteiger partial charge in [-0.05, 0) is 45.1 Å². The Bertz CT molecular complexity index is 860. The van der Waals surface area contributed by atoms with Crippen LogP contribution in [0.4, 0.5) is 0 Å². The summed E-state index contributed by atoms with van der Waals surface area (Å²) in [5.74, 6) is 0.141. The van der Waals surface area contributed by atoms with Crippen LogP contribution in [-0.4, -0.2) is 34.2 Å². The summed E-state index contributed by atoms with van der Waals surface area (Å²) < 4.78 is 10.6. The fourth-order valence-electron chi connectivity index (χ4n) is 3.74. The zero-order chi connectivity index (χ0) is 19.7. The van der Waals surface area contributed by atoms with Crippen molar-refractivity contribution < 1.29 is 18.8 Å². The van der Waals surface area contributed by atoms with E-state index in [1.807, 2.05) is 0 Å². The Morgan fingerprint density at radius 3 is 2.78 bits per heavy atom. The zero-order valence-corrected chi connectivity index (χ0v) is 16.5. The van der Waals surface area contributed by atoms with Crippen molar-refractivity contribution in [2.45, 2.75) is 66.0 Å². The van der Waals surface area contributed by atoms with Gasteiger partial charge in [0.2, 0.25) is 0 Å². The molecule has 3 rings (SSSR count). The van der Waals surface area contributed by atoms with E-state index in [4.69, 9.17) is 9.26 Å². The summed E-state index contributed by atoms with van der Waals surface area (Å²) in [5, 5.41) is 7.43. The molecule has 0 bridgehead atoms. The lowest BCUT2D eigenvalue weighted by Crippen LogP contribution is -2.47. The number of pyridine rings is 1. The number of aromatic nitrogens is 2. The van der Waals surface area contributed by atoms with E-state index in [1.54, 1.807) is 26.8 Å². The van der Waals surface area contributed by atoms with E-state index >= 15 is 0 Å². The summed E-state index contributed by atoms with van der Waals surface area (Å²) in [7, 11) is 0. The lowest BCUT2D eigenvalue weighted by atomic mass is 9.78. The first kappa shape index (κ1) is 19.3. The van der Waals surface area contributed by atoms with Crippen LogP contribution in [0.5, 0.6) is 0 Å². The summed E-state index contributed by atoms with van der Waals surface area (Å²) in [6, 6.07) is 1.75. The summed E-state index contributed by atoms with van der Waals surface area (Å²) in [6.07, 6.45) is 2.37. The molecule has 146 valence electrons. The Balaban J connectivity index is 1.70. The number of amides is 1. The molecule has 1 N–H and O–H groups in total. The van der Waals surface area contributed by atoms with Crippen LogP contribution in [-0.2, 0) is 9.53 Å². The topological polar surface area (TPSA) is 94.3 Å². The third kappa shape index (κ3) is 3.96. The second-order valence-electron chi connectivity index (χ2n) is 7.69. The van der Waals surface area contributed by atoms with E-state index in [2.05, 4.69) is 29.3 Å². The van der Waals surface area contributed by atoms with Gasteiger partial charge in [0.15, 0.2) is 6.10 Å². The Hall–Kier alpha value is -2.44. The summed E-state index contributed by atoms with van der Waals surface area (Å²) in [4.78, 5) is 29.5. The van der Waals surface area contributed by atoms with Crippen LogP contribution in [0.1, 0.15) is 61.8 Å². The first-order valence-electron chi connectivity index (χ1n) is 9.53. The van der Waals surface area contributed by atoms with Crippen LogP contribution in [0.25, 0.3) is 11.1 Å². The standard InChI is InChI=1S/C20H27N3O4/c1-10-7-6-8-16(12(10)3)22-18(24)14(5)26-20(25)15-9-11(2)21-19-17(15)13(4)23-27-19/h9-10,12,14,16H,6-8H2,1-5H3,(H,22,24)/t10-,12-,14-,16-/m1/s1. The van der Waals surface area contributed by atoms with Crippen molar-refractivity contribution in [2.24, 2.45) is 11.8 Å². The minimum atomic E-state index is -0.884. The van der Waals surface area contributed by atoms with Gasteiger partial charge in [-0.25, -0.2) is 9.78 Å². The molecule has 1 aliphatic carbocycles. The highest BCUT2D eigenvalue weighted by molar-refractivity contribution is 6.04. The van der Waals surface area contributed by atoms with Crippen molar-refractivity contribution in [3.63, 3.8) is 0 Å². The van der Waals surface area contributed by atoms with Crippen LogP contribution < -0.4 is 5.32 Å². The molecule has 0 radical (unpaired) electrons. The lowest BCUT2D eigenvalue weighted by molar-refractivity contribution is -0.130. The molecule has 7 nitrogen and oxygen atoms in total. The van der Waals surface area contributed by atoms with E-state index in [0.717, 1.165) is 12.8 Å². The molecule has 0 spiro atoms. The highest BCUT2D eigenvalue weighted by Gasteiger charge is 2.30. The van der Waals surface area contributed by atoms with Gasteiger partial charge in [0.1, 0.15) is 0 Å². The maximum absolute atomic E-state index is 12.7. The lowest BCUT2D eigenvalue weighted by Gasteiger charge is -2.35. The SMILES string of the molecule is Cc1cc(C(=O)O[C@H](C)C(=O)N[C@@H]2CCC[C@@H](C)[C@H]2C)c2c(C)noc2n1. The number of nitrogens with zero attached hydrogens (tertiary/aromatic N) is 2. The second kappa shape index (κ2) is 7.66. The van der Waals surface area contributed by atoms with Crippen molar-refractivity contribution in [3.05, 3.63) is 23.0 Å². The fourth-order valence-corrected chi connectivity index (χ4v) is 3.74. The van der Waals surface area contributed by atoms with E-state index < -0.39 is 12.1 Å². The van der Waals surface area contributed by atoms with Gasteiger partial charge >= 0.3 is 5.97 Å². The molecule has 2 heterocycles. The molecule has 2 aromatic heterocycles. The van der Waals surface area contributed by atoms with Gasteiger partial charge in [-0.1, -0.05) is 31.8 Å². The number of esters is 1. The molecule has 4 atom stereocenters. The quantitative estimate of drug-likeness (QED) is 0.826. The number of rotatable bonds is 4. The van der Waals surface area contributed by atoms with Gasteiger partial charge in [0.25, 0.3) is 11.6 Å². The molecule has 1 aliphatic rings. The van der Waals surface area contributed by atoms with E-state index in [-0.39, 0.29) is 11.9 Å². The number of fused-ring (bicyclic) bond motifs is 1. The maximum atomic E-state index is 12.7. The number of ether oxygens (including phenoxy) is 1. The second-order valence-corrected chi connectivity index (χ2v) is 7.69. The number of carbonyl (C=O) groups is 2. The highest BCUT2D eigenvalue weighted by atomic mass is 16.5. The third-order valence-electron chi connectivity index (χ3n) is 5.65. The number of hydrogen-bond acceptors (Lipinski definition) is 6. The van der Waals surface area contributed by atoms with Crippen LogP contribution >= 0.6 is 0 Å². The molecule has 1 saturated carbocycles. The van der Waals surface area contributed by atoms with Crippen molar-refractivity contribution in [3.8, 4) is 0 Å². The molecular weight excluding hydrogens is 346 g/mol. The largest absolute Gasteiger partial charge is 0.449 e. The van der Waals surface area contributed by atoms with Crippen molar-refractivity contribution in [1.82, 2.24) is 15.5 Å². The number of hydrogen-bond donors (Lipinski definition) is 1. The van der Waals surface area contributed by atoms with Crippen LogP contribution in [0.15, 0.2) is 10.6 Å². The van der Waals surface area contributed by atoms with Crippen molar-refractivity contribution >= 4 is 23.0 Å². The Labute approximate surface area is 158 Å². The van der Waals surface area contributed by atoms with E-state index in [9.17, 15) is 9.59 Å². The number of nitrogens with one attached hydrogen (secondary N) is 1. The molecule has 2 aromatic rings. The highest BCUT2D eigenvalue weighted by Crippen LogP contribution is 2.29. The Kier molecular flexibility index (Phi) is 5.48. The van der Waals surface area contributed by atoms with Gasteiger partial charge in [-0.3, -0.25) is 4.79 Å². The number of aryl methyl sites for hydroxylation is 2. The van der Waals surface area contributed by atoms with Crippen LogP contribution in [0.3, 0.4) is 0 Å². The van der Waals surface area contributed by atoms with Crippen LogP contribution in [0, 0.1) is 25.7 Å². The monoisotopic (exact) mass is 373 g/mol. The summed E-state index contributed by atoms with van der Waals surface area (Å²) in [6.45, 7) is 9.47. The molecule has 0 aliphatic heterocycles. The predicted octanol–water partition coefficient (Wildman–Crippen LogP) is 3.33. The Morgan fingerprint density at radius 1 is 1.30 bits per heavy atom. The van der Waals surface area contributed by atoms with Gasteiger partial charge in [0.05, 0.1) is 16.6 Å². The molecule has 0 unspecified atom stereocenters. The third-order valence-corrected chi connectivity index (χ3v) is 5.65. The smallest absolute Gasteiger partial charge is 0.339 e. The first-order chi connectivity index (χ1) is 12.8. The van der Waals surface area contributed by atoms with E-state index in [0.29, 0.717) is 39.9 Å². The molecule has 0 aromatic carbocycles. The molecule has 27 heavy (non-hydrogen) atoms. The van der Waals surface area contributed by atoms with Crippen molar-refractivity contribution in [2.75, 3.05) is 0 Å². The van der Waals surface area contributed by atoms with Gasteiger partial charge in [-0.2, -0.15) is 0 Å². The maximum Gasteiger partial charge on any atom is 0.339 e. The summed E-state index contributed by atoms with van der Waals surface area (Å²) in [5.41, 5.74) is 1.79. The van der Waals surface area contributed by atoms with Crippen molar-refractivity contribution in [1.29, 1.82) is 0 Å². The summed E-state index contributed by atoms with van der Waals surface area (Å²) >= 11 is 0. The minimum absolute atomic E-state index is 0.123. The van der Waals surface area contributed by atoms with E-state index in [1.165, 1.54) is 6.42 Å². The zero-order valence-electron chi connectivity index (χ0n) is 16.5. The number of carbonyl (C=O) groups excluding carboxylic acids is 2. The fraction of sp³-hybridized carbons (Fsp3) is 0.600. The molecule has 1 amide bonds. The minimum Gasteiger partial charge on any atom is -0.449 e. The predicted molar refractivity (Wildman–Crippen MR) is 100 cm³/mol. The Morgan fingerprint density at radius 2 is 2.04 bits per heavy atom. The average Bonchev–Trinajstić information content (AvgIpc) is 2.98. The van der Waals surface area contributed by atoms with Gasteiger partial charge in [-0.15, -0.1) is 0 Å². The van der Waals surface area contributed by atoms with Gasteiger partial charge in [0, 0.05) is 11.7 Å². The average molecular weight is 373 g/mol. The molecular formula is C20H27N3O4. The molecule has 7 heteroatoms. The normalized spacial score (nSPS) is 23.8. The molecule has 1 fully saturated rings. The first-order valence-corrected chi connectivity index (χ1v) is 9.53. The van der Waals surface area contributed by atoms with Gasteiger partial charge < -0.3 is 14.6 Å².